The van der Waals surface area contributed by atoms with Crippen molar-refractivity contribution >= 4 is 83.6 Å². The molecule has 2 nitrogen and oxygen atoms in total. The van der Waals surface area contributed by atoms with E-state index in [1.54, 1.807) is 0 Å². The standard InChI is InChI=1S/C46H29NOSe/c1-2-12-30(13-3-1)35-17-6-7-18-36(35)32-15-10-16-33(28-32)47(34-25-27-39-38-20-8-9-22-42(38)48-43(39)29-34)41-21-11-23-44-45(41)40-26-24-31-14-4-5-19-37(31)46(40)49-44/h1-29H. The Kier molecular flexibility index (Phi) is 6.55. The number of rotatable bonds is 5. The third-order valence-corrected chi connectivity index (χ3v) is 12.2. The fraction of sp³-hybridized carbons (Fsp3) is 0. The molecule has 2 aromatic heterocycles. The van der Waals surface area contributed by atoms with Crippen LogP contribution in [0, 0.1) is 0 Å². The van der Waals surface area contributed by atoms with Crippen molar-refractivity contribution in [1.29, 1.82) is 0 Å². The van der Waals surface area contributed by atoms with E-state index in [4.69, 9.17) is 4.42 Å². The number of furan rings is 1. The van der Waals surface area contributed by atoms with Crippen LogP contribution in [0.5, 0.6) is 0 Å². The van der Waals surface area contributed by atoms with Gasteiger partial charge in [0.2, 0.25) is 0 Å². The van der Waals surface area contributed by atoms with Crippen molar-refractivity contribution in [2.24, 2.45) is 0 Å². The Hall–Kier alpha value is -5.86. The third kappa shape index (κ3) is 4.63. The molecular formula is C46H29NOSe. The number of fused-ring (bicyclic) bond motifs is 8. The second-order valence-corrected chi connectivity index (χ2v) is 14.7. The third-order valence-electron chi connectivity index (χ3n) is 9.65. The Morgan fingerprint density at radius 2 is 1.10 bits per heavy atom. The number of anilines is 3. The average molecular weight is 691 g/mol. The van der Waals surface area contributed by atoms with Gasteiger partial charge >= 0.3 is 285 Å². The molecule has 10 aromatic rings. The number of nitrogens with zero attached hydrogens (tertiary/aromatic N) is 1. The van der Waals surface area contributed by atoms with E-state index >= 15 is 0 Å². The van der Waals surface area contributed by atoms with Crippen LogP contribution in [0.4, 0.5) is 17.1 Å². The molecule has 8 aromatic carbocycles. The Bertz CT molecular complexity index is 2840. The number of hydrogen-bond donors (Lipinski definition) is 0. The number of benzene rings is 8. The SMILES string of the molecule is c1ccc(-c2ccccc2-c2cccc(N(c3ccc4c(c3)oc3ccccc34)c3cccc4[se]c5c6ccccc6ccc5c34)c2)cc1. The molecule has 0 unspecified atom stereocenters. The van der Waals surface area contributed by atoms with Gasteiger partial charge in [-0.15, -0.1) is 0 Å². The molecule has 0 atom stereocenters. The van der Waals surface area contributed by atoms with E-state index in [2.05, 4.69) is 169 Å². The molecule has 10 rings (SSSR count). The molecule has 3 heteroatoms. The van der Waals surface area contributed by atoms with E-state index in [-0.39, 0.29) is 14.5 Å². The molecule has 0 fully saturated rings. The van der Waals surface area contributed by atoms with Gasteiger partial charge in [0.05, 0.1) is 0 Å². The summed E-state index contributed by atoms with van der Waals surface area (Å²) in [6.45, 7) is 0. The Balaban J connectivity index is 1.23. The minimum absolute atomic E-state index is 0.201. The first-order valence-corrected chi connectivity index (χ1v) is 18.3. The van der Waals surface area contributed by atoms with Crippen LogP contribution in [-0.4, -0.2) is 14.5 Å². The molecule has 0 amide bonds. The Labute approximate surface area is 289 Å². The van der Waals surface area contributed by atoms with Crippen LogP contribution in [0.15, 0.2) is 180 Å². The van der Waals surface area contributed by atoms with Crippen molar-refractivity contribution < 1.29 is 4.42 Å². The van der Waals surface area contributed by atoms with Gasteiger partial charge in [-0.25, -0.2) is 0 Å². The van der Waals surface area contributed by atoms with E-state index in [0.29, 0.717) is 0 Å². The van der Waals surface area contributed by atoms with Crippen LogP contribution in [0.1, 0.15) is 0 Å². The molecule has 49 heavy (non-hydrogen) atoms. The fourth-order valence-electron chi connectivity index (χ4n) is 7.42. The van der Waals surface area contributed by atoms with Crippen LogP contribution < -0.4 is 4.90 Å². The number of hydrogen-bond acceptors (Lipinski definition) is 2. The summed E-state index contributed by atoms with van der Waals surface area (Å²) < 4.78 is 9.32. The van der Waals surface area contributed by atoms with E-state index in [1.165, 1.54) is 58.0 Å². The van der Waals surface area contributed by atoms with Crippen molar-refractivity contribution in [2.45, 2.75) is 0 Å². The summed E-state index contributed by atoms with van der Waals surface area (Å²) in [5.74, 6) is 0. The quantitative estimate of drug-likeness (QED) is 0.167. The van der Waals surface area contributed by atoms with Crippen LogP contribution >= 0.6 is 0 Å². The van der Waals surface area contributed by atoms with Gasteiger partial charge in [0.15, 0.2) is 0 Å². The average Bonchev–Trinajstić information content (AvgIpc) is 3.74. The Morgan fingerprint density at radius 1 is 0.429 bits per heavy atom. The molecule has 230 valence electrons. The summed E-state index contributed by atoms with van der Waals surface area (Å²) in [7, 11) is 0. The zero-order valence-electron chi connectivity index (χ0n) is 26.5. The zero-order chi connectivity index (χ0) is 32.3. The first kappa shape index (κ1) is 28.2. The molecule has 0 aliphatic heterocycles. The summed E-state index contributed by atoms with van der Waals surface area (Å²) in [5, 5.41) is 7.58. The summed E-state index contributed by atoms with van der Waals surface area (Å²) in [4.78, 5) is 2.43. The molecule has 0 N–H and O–H groups in total. The van der Waals surface area contributed by atoms with Gasteiger partial charge in [-0.3, -0.25) is 0 Å². The van der Waals surface area contributed by atoms with E-state index in [9.17, 15) is 0 Å². The van der Waals surface area contributed by atoms with Crippen molar-refractivity contribution in [2.75, 3.05) is 4.90 Å². The van der Waals surface area contributed by atoms with Crippen molar-refractivity contribution in [3.05, 3.63) is 176 Å². The van der Waals surface area contributed by atoms with Crippen LogP contribution in [-0.2, 0) is 0 Å². The predicted molar refractivity (Wildman–Crippen MR) is 209 cm³/mol. The Morgan fingerprint density at radius 3 is 2.00 bits per heavy atom. The molecule has 0 spiro atoms. The molecule has 2 heterocycles. The molecule has 0 aliphatic carbocycles. The van der Waals surface area contributed by atoms with Gasteiger partial charge in [0, 0.05) is 0 Å². The van der Waals surface area contributed by atoms with E-state index in [0.717, 1.165) is 33.3 Å². The fourth-order valence-corrected chi connectivity index (χ4v) is 10.1. The molecule has 0 radical (unpaired) electrons. The maximum absolute atomic E-state index is 6.45. The van der Waals surface area contributed by atoms with Gasteiger partial charge in [0.25, 0.3) is 0 Å². The van der Waals surface area contributed by atoms with Crippen molar-refractivity contribution in [1.82, 2.24) is 0 Å². The molecule has 0 bridgehead atoms. The first-order chi connectivity index (χ1) is 24.3. The van der Waals surface area contributed by atoms with E-state index in [1.807, 2.05) is 12.1 Å². The summed E-state index contributed by atoms with van der Waals surface area (Å²) in [6.07, 6.45) is 0. The summed E-state index contributed by atoms with van der Waals surface area (Å²) >= 11 is 0.201. The van der Waals surface area contributed by atoms with Crippen LogP contribution in [0.25, 0.3) is 74.3 Å². The molecule has 0 saturated carbocycles. The predicted octanol–water partition coefficient (Wildman–Crippen LogP) is 12.9. The van der Waals surface area contributed by atoms with Gasteiger partial charge in [0.1, 0.15) is 0 Å². The first-order valence-electron chi connectivity index (χ1n) is 16.6. The van der Waals surface area contributed by atoms with Crippen LogP contribution in [0.3, 0.4) is 0 Å². The zero-order valence-corrected chi connectivity index (χ0v) is 28.2. The van der Waals surface area contributed by atoms with Crippen molar-refractivity contribution in [3.8, 4) is 22.3 Å². The van der Waals surface area contributed by atoms with Crippen LogP contribution in [0.2, 0.25) is 0 Å². The van der Waals surface area contributed by atoms with Gasteiger partial charge in [-0.1, -0.05) is 6.07 Å². The minimum atomic E-state index is 0.201. The summed E-state index contributed by atoms with van der Waals surface area (Å²) in [6, 6.07) is 63.6. The summed E-state index contributed by atoms with van der Waals surface area (Å²) in [5.41, 5.74) is 9.96. The van der Waals surface area contributed by atoms with Crippen molar-refractivity contribution in [3.63, 3.8) is 0 Å². The second-order valence-electron chi connectivity index (χ2n) is 12.5. The maximum atomic E-state index is 6.45. The van der Waals surface area contributed by atoms with Gasteiger partial charge in [-0.05, 0) is 0 Å². The molecular weight excluding hydrogens is 661 g/mol. The van der Waals surface area contributed by atoms with E-state index < -0.39 is 0 Å². The number of para-hydroxylation sites is 1. The van der Waals surface area contributed by atoms with Gasteiger partial charge < -0.3 is 0 Å². The molecule has 0 saturated heterocycles. The monoisotopic (exact) mass is 691 g/mol. The normalized spacial score (nSPS) is 11.7. The topological polar surface area (TPSA) is 16.4 Å². The second kappa shape index (κ2) is 11.4. The van der Waals surface area contributed by atoms with Gasteiger partial charge in [-0.2, -0.15) is 0 Å². The molecule has 0 aliphatic rings.